The van der Waals surface area contributed by atoms with E-state index in [-0.39, 0.29) is 0 Å². The second-order valence-corrected chi connectivity index (χ2v) is 6.25. The maximum atomic E-state index is 7.06. The van der Waals surface area contributed by atoms with E-state index in [1.807, 2.05) is 48.5 Å². The van der Waals surface area contributed by atoms with Crippen LogP contribution in [0.1, 0.15) is 18.4 Å². The fraction of sp³-hybridized carbons (Fsp3) is 0.286. The average molecular weight is 352 g/mol. The van der Waals surface area contributed by atoms with Gasteiger partial charge in [0.2, 0.25) is 0 Å². The van der Waals surface area contributed by atoms with E-state index in [4.69, 9.17) is 25.4 Å². The smallest absolute Gasteiger partial charge is 0.127 e. The molecule has 1 heterocycles. The minimum Gasteiger partial charge on any atom is -0.493 e. The summed E-state index contributed by atoms with van der Waals surface area (Å²) in [5.41, 5.74) is 7.27. The molecule has 1 saturated heterocycles. The molecule has 1 aliphatic rings. The van der Waals surface area contributed by atoms with Crippen molar-refractivity contribution in [2.75, 3.05) is 19.8 Å². The summed E-state index contributed by atoms with van der Waals surface area (Å²) in [6.45, 7) is 2.40. The van der Waals surface area contributed by atoms with Crippen molar-refractivity contribution in [3.63, 3.8) is 0 Å². The van der Waals surface area contributed by atoms with Gasteiger partial charge in [-0.15, -0.1) is 0 Å². The van der Waals surface area contributed by atoms with Gasteiger partial charge in [-0.2, -0.15) is 0 Å². The van der Waals surface area contributed by atoms with E-state index < -0.39 is 0 Å². The van der Waals surface area contributed by atoms with Gasteiger partial charge in [0.25, 0.3) is 0 Å². The zero-order valence-corrected chi connectivity index (χ0v) is 14.7. The Morgan fingerprint density at radius 3 is 2.19 bits per heavy atom. The molecular formula is C21H24N2O3. The lowest BCUT2D eigenvalue weighted by molar-refractivity contribution is 0.0497. The molecule has 5 nitrogen and oxygen atoms in total. The summed E-state index contributed by atoms with van der Waals surface area (Å²) in [5.74, 6) is 2.91. The molecule has 0 amide bonds. The molecule has 0 radical (unpaired) electrons. The molecule has 0 aromatic heterocycles. The van der Waals surface area contributed by atoms with Gasteiger partial charge in [-0.3, -0.25) is 0 Å². The summed E-state index contributed by atoms with van der Waals surface area (Å²) in [4.78, 5) is 0. The third-order valence-electron chi connectivity index (χ3n) is 4.34. The van der Waals surface area contributed by atoms with E-state index in [1.54, 1.807) is 6.08 Å². The molecule has 0 atom stereocenters. The van der Waals surface area contributed by atoms with Crippen LogP contribution in [0.2, 0.25) is 0 Å². The maximum absolute atomic E-state index is 7.06. The molecule has 5 heteroatoms. The van der Waals surface area contributed by atoms with Gasteiger partial charge in [0.1, 0.15) is 17.2 Å². The molecule has 0 aliphatic carbocycles. The maximum Gasteiger partial charge on any atom is 0.127 e. The number of nitrogens with two attached hydrogens (primary N) is 1. The number of rotatable bonds is 7. The number of hydrogen-bond acceptors (Lipinski definition) is 5. The normalized spacial score (nSPS) is 15.5. The number of hydrogen-bond donors (Lipinski definition) is 2. The van der Waals surface area contributed by atoms with Gasteiger partial charge in [-0.05, 0) is 78.9 Å². The van der Waals surface area contributed by atoms with E-state index in [0.29, 0.717) is 11.6 Å². The van der Waals surface area contributed by atoms with Crippen molar-refractivity contribution >= 4 is 11.9 Å². The van der Waals surface area contributed by atoms with Crippen LogP contribution in [0.15, 0.2) is 54.6 Å². The first-order chi connectivity index (χ1) is 12.7. The lowest BCUT2D eigenvalue weighted by Crippen LogP contribution is -2.21. The van der Waals surface area contributed by atoms with E-state index in [2.05, 4.69) is 0 Å². The van der Waals surface area contributed by atoms with Gasteiger partial charge < -0.3 is 25.4 Å². The first-order valence-electron chi connectivity index (χ1n) is 8.80. The van der Waals surface area contributed by atoms with Crippen molar-refractivity contribution in [1.82, 2.24) is 0 Å². The van der Waals surface area contributed by atoms with Crippen LogP contribution in [-0.2, 0) is 4.74 Å². The highest BCUT2D eigenvalue weighted by Gasteiger charge is 2.14. The molecule has 1 aliphatic heterocycles. The van der Waals surface area contributed by atoms with Crippen molar-refractivity contribution in [3.8, 4) is 17.2 Å². The number of allylic oxidation sites excluding steroid dienone is 1. The van der Waals surface area contributed by atoms with E-state index in [0.717, 1.165) is 55.5 Å². The Bertz CT molecular complexity index is 733. The Morgan fingerprint density at radius 2 is 1.58 bits per heavy atom. The Kier molecular flexibility index (Phi) is 6.28. The van der Waals surface area contributed by atoms with Crippen LogP contribution in [-0.4, -0.2) is 26.0 Å². The molecule has 3 rings (SSSR count). The van der Waals surface area contributed by atoms with E-state index in [9.17, 15) is 0 Å². The molecule has 0 spiro atoms. The molecule has 136 valence electrons. The van der Waals surface area contributed by atoms with Crippen LogP contribution in [0.4, 0.5) is 0 Å². The van der Waals surface area contributed by atoms with E-state index >= 15 is 0 Å². The second kappa shape index (κ2) is 9.06. The quantitative estimate of drug-likeness (QED) is 0.731. The predicted molar refractivity (Wildman–Crippen MR) is 103 cm³/mol. The second-order valence-electron chi connectivity index (χ2n) is 6.25. The summed E-state index contributed by atoms with van der Waals surface area (Å²) in [6, 6.07) is 15.1. The van der Waals surface area contributed by atoms with Crippen molar-refractivity contribution in [2.45, 2.75) is 12.8 Å². The third kappa shape index (κ3) is 5.10. The largest absolute Gasteiger partial charge is 0.493 e. The van der Waals surface area contributed by atoms with Crippen LogP contribution < -0.4 is 15.2 Å². The van der Waals surface area contributed by atoms with E-state index in [1.165, 1.54) is 6.21 Å². The van der Waals surface area contributed by atoms with Gasteiger partial charge in [0.15, 0.2) is 0 Å². The molecule has 2 aromatic carbocycles. The topological polar surface area (TPSA) is 77.6 Å². The van der Waals surface area contributed by atoms with Gasteiger partial charge in [0, 0.05) is 25.1 Å². The molecule has 0 unspecified atom stereocenters. The summed E-state index contributed by atoms with van der Waals surface area (Å²) in [7, 11) is 0. The summed E-state index contributed by atoms with van der Waals surface area (Å²) in [6.07, 6.45) is 4.85. The monoisotopic (exact) mass is 352 g/mol. The lowest BCUT2D eigenvalue weighted by Gasteiger charge is -2.22. The highest BCUT2D eigenvalue weighted by Crippen LogP contribution is 2.25. The standard InChI is InChI=1S/C21H24N2O3/c22-12-9-21(23)17-1-3-19(4-2-17)26-20-7-5-18(6-8-20)25-15-16-10-13-24-14-11-16/h1-9,12,16,22H,10-11,13-15,23H2/b21-9-,22-12?. The molecule has 3 N–H and O–H groups in total. The SMILES string of the molecule is N=C/C=C(\N)c1ccc(Oc2ccc(OCC3CCOCC3)cc2)cc1. The molecule has 2 aromatic rings. The average Bonchev–Trinajstić information content (AvgIpc) is 2.69. The Morgan fingerprint density at radius 1 is 1.00 bits per heavy atom. The lowest BCUT2D eigenvalue weighted by atomic mass is 10.0. The van der Waals surface area contributed by atoms with Gasteiger partial charge >= 0.3 is 0 Å². The Labute approximate surface area is 153 Å². The van der Waals surface area contributed by atoms with Gasteiger partial charge in [-0.1, -0.05) is 0 Å². The highest BCUT2D eigenvalue weighted by atomic mass is 16.5. The summed E-state index contributed by atoms with van der Waals surface area (Å²) >= 11 is 0. The molecular weight excluding hydrogens is 328 g/mol. The summed E-state index contributed by atoms with van der Waals surface area (Å²) < 4.78 is 17.1. The van der Waals surface area contributed by atoms with Crippen molar-refractivity contribution in [2.24, 2.45) is 11.7 Å². The number of benzene rings is 2. The van der Waals surface area contributed by atoms with Crippen LogP contribution in [0.5, 0.6) is 17.2 Å². The van der Waals surface area contributed by atoms with Gasteiger partial charge in [0.05, 0.1) is 6.61 Å². The molecule has 0 bridgehead atoms. The van der Waals surface area contributed by atoms with Crippen LogP contribution in [0.25, 0.3) is 5.70 Å². The van der Waals surface area contributed by atoms with Crippen LogP contribution >= 0.6 is 0 Å². The first-order valence-corrected chi connectivity index (χ1v) is 8.80. The highest BCUT2D eigenvalue weighted by molar-refractivity contribution is 5.81. The Hall–Kier alpha value is -2.79. The predicted octanol–water partition coefficient (Wildman–Crippen LogP) is 4.23. The molecule has 26 heavy (non-hydrogen) atoms. The number of ether oxygens (including phenoxy) is 3. The van der Waals surface area contributed by atoms with Crippen molar-refractivity contribution < 1.29 is 14.2 Å². The minimum absolute atomic E-state index is 0.553. The summed E-state index contributed by atoms with van der Waals surface area (Å²) in [5, 5.41) is 7.06. The fourth-order valence-electron chi connectivity index (χ4n) is 2.77. The van der Waals surface area contributed by atoms with Crippen molar-refractivity contribution in [1.29, 1.82) is 5.41 Å². The molecule has 0 saturated carbocycles. The Balaban J connectivity index is 1.53. The minimum atomic E-state index is 0.553. The van der Waals surface area contributed by atoms with Gasteiger partial charge in [-0.25, -0.2) is 0 Å². The zero-order valence-electron chi connectivity index (χ0n) is 14.7. The molecule has 1 fully saturated rings. The van der Waals surface area contributed by atoms with Crippen LogP contribution in [0.3, 0.4) is 0 Å². The zero-order chi connectivity index (χ0) is 18.2. The van der Waals surface area contributed by atoms with Crippen molar-refractivity contribution in [3.05, 3.63) is 60.2 Å². The third-order valence-corrected chi connectivity index (χ3v) is 4.34. The van der Waals surface area contributed by atoms with Crippen LogP contribution in [0, 0.1) is 11.3 Å². The first kappa shape index (κ1) is 18.0. The number of nitrogens with one attached hydrogen (secondary N) is 1. The fourth-order valence-corrected chi connectivity index (χ4v) is 2.77.